The summed E-state index contributed by atoms with van der Waals surface area (Å²) in [5.74, 6) is 1.09. The van der Waals surface area contributed by atoms with Gasteiger partial charge in [-0.1, -0.05) is 43.0 Å². The summed E-state index contributed by atoms with van der Waals surface area (Å²) < 4.78 is 6.99. The molecule has 0 radical (unpaired) electrons. The van der Waals surface area contributed by atoms with Gasteiger partial charge in [0.15, 0.2) is 11.0 Å². The van der Waals surface area contributed by atoms with Crippen LogP contribution in [-0.4, -0.2) is 39.4 Å². The smallest absolute Gasteiger partial charge is 0.251 e. The number of carbonyl (C=O) groups excluding carboxylic acids is 2. The zero-order valence-electron chi connectivity index (χ0n) is 19.6. The quantitative estimate of drug-likeness (QED) is 0.315. The van der Waals surface area contributed by atoms with Crippen molar-refractivity contribution in [3.8, 4) is 5.75 Å². The minimum atomic E-state index is -0.401. The SMILES string of the molecule is C=CCn1c(SCC(=O)Nc2ccccc2CC)nnc1[C@@H](C)NC(=O)c1ccc(OC)cc1. The van der Waals surface area contributed by atoms with Gasteiger partial charge < -0.3 is 19.9 Å². The highest BCUT2D eigenvalue weighted by Gasteiger charge is 2.20. The predicted molar refractivity (Wildman–Crippen MR) is 134 cm³/mol. The number of para-hydroxylation sites is 1. The summed E-state index contributed by atoms with van der Waals surface area (Å²) in [6, 6.07) is 14.2. The molecule has 0 aliphatic heterocycles. The van der Waals surface area contributed by atoms with E-state index in [2.05, 4.69) is 27.4 Å². The van der Waals surface area contributed by atoms with Gasteiger partial charge in [-0.25, -0.2) is 0 Å². The second kappa shape index (κ2) is 12.0. The van der Waals surface area contributed by atoms with Crippen LogP contribution in [0.4, 0.5) is 5.69 Å². The number of anilines is 1. The Kier molecular flexibility index (Phi) is 8.86. The van der Waals surface area contributed by atoms with Crippen molar-refractivity contribution in [2.45, 2.75) is 38.0 Å². The highest BCUT2D eigenvalue weighted by atomic mass is 32.2. The molecule has 9 heteroatoms. The highest BCUT2D eigenvalue weighted by Crippen LogP contribution is 2.22. The second-order valence-corrected chi connectivity index (χ2v) is 8.45. The number of benzene rings is 2. The third kappa shape index (κ3) is 6.26. The fourth-order valence-electron chi connectivity index (χ4n) is 3.38. The lowest BCUT2D eigenvalue weighted by Crippen LogP contribution is -2.28. The van der Waals surface area contributed by atoms with Gasteiger partial charge in [0.1, 0.15) is 5.75 Å². The molecule has 0 spiro atoms. The lowest BCUT2D eigenvalue weighted by Gasteiger charge is -2.15. The van der Waals surface area contributed by atoms with E-state index >= 15 is 0 Å². The van der Waals surface area contributed by atoms with E-state index in [1.54, 1.807) is 37.5 Å². The average molecular weight is 480 g/mol. The second-order valence-electron chi connectivity index (χ2n) is 7.51. The predicted octanol–water partition coefficient (Wildman–Crippen LogP) is 4.26. The first-order chi connectivity index (χ1) is 16.5. The maximum Gasteiger partial charge on any atom is 0.251 e. The first-order valence-electron chi connectivity index (χ1n) is 11.0. The van der Waals surface area contributed by atoms with Gasteiger partial charge in [-0.3, -0.25) is 9.59 Å². The minimum absolute atomic E-state index is 0.124. The molecule has 0 fully saturated rings. The van der Waals surface area contributed by atoms with Crippen molar-refractivity contribution >= 4 is 29.3 Å². The molecule has 2 amide bonds. The van der Waals surface area contributed by atoms with Gasteiger partial charge in [0.05, 0.1) is 18.9 Å². The number of methoxy groups -OCH3 is 1. The molecule has 34 heavy (non-hydrogen) atoms. The van der Waals surface area contributed by atoms with Crippen LogP contribution in [0.15, 0.2) is 66.3 Å². The summed E-state index contributed by atoms with van der Waals surface area (Å²) in [5.41, 5.74) is 2.42. The molecule has 178 valence electrons. The van der Waals surface area contributed by atoms with Gasteiger partial charge in [0.2, 0.25) is 5.91 Å². The summed E-state index contributed by atoms with van der Waals surface area (Å²) in [4.78, 5) is 25.2. The first-order valence-corrected chi connectivity index (χ1v) is 11.9. The van der Waals surface area contributed by atoms with Crippen molar-refractivity contribution in [1.82, 2.24) is 20.1 Å². The molecule has 3 rings (SSSR count). The number of amides is 2. The minimum Gasteiger partial charge on any atom is -0.497 e. The van der Waals surface area contributed by atoms with Crippen LogP contribution in [0.3, 0.4) is 0 Å². The number of rotatable bonds is 11. The van der Waals surface area contributed by atoms with Crippen molar-refractivity contribution in [2.24, 2.45) is 0 Å². The first kappa shape index (κ1) is 25.0. The molecule has 1 atom stereocenters. The molecule has 3 aromatic rings. The third-order valence-corrected chi connectivity index (χ3v) is 6.12. The molecule has 8 nitrogen and oxygen atoms in total. The Morgan fingerprint density at radius 3 is 2.59 bits per heavy atom. The number of nitrogens with zero attached hydrogens (tertiary/aromatic N) is 3. The summed E-state index contributed by atoms with van der Waals surface area (Å²) in [6.07, 6.45) is 2.56. The monoisotopic (exact) mass is 479 g/mol. The van der Waals surface area contributed by atoms with Crippen molar-refractivity contribution in [2.75, 3.05) is 18.2 Å². The summed E-state index contributed by atoms with van der Waals surface area (Å²) >= 11 is 1.29. The fourth-order valence-corrected chi connectivity index (χ4v) is 4.14. The molecule has 0 bridgehead atoms. The Balaban J connectivity index is 1.66. The van der Waals surface area contributed by atoms with Crippen molar-refractivity contribution in [3.05, 3.63) is 78.1 Å². The van der Waals surface area contributed by atoms with E-state index in [0.717, 1.165) is 17.7 Å². The van der Waals surface area contributed by atoms with Crippen molar-refractivity contribution in [3.63, 3.8) is 0 Å². The maximum atomic E-state index is 12.7. The van der Waals surface area contributed by atoms with Gasteiger partial charge in [-0.05, 0) is 49.2 Å². The summed E-state index contributed by atoms with van der Waals surface area (Å²) in [6.45, 7) is 8.15. The van der Waals surface area contributed by atoms with Gasteiger partial charge in [-0.15, -0.1) is 16.8 Å². The van der Waals surface area contributed by atoms with Crippen LogP contribution in [0, 0.1) is 0 Å². The van der Waals surface area contributed by atoms with E-state index in [0.29, 0.717) is 28.8 Å². The van der Waals surface area contributed by atoms with Crippen LogP contribution in [0.1, 0.15) is 41.6 Å². The van der Waals surface area contributed by atoms with Crippen LogP contribution in [0.2, 0.25) is 0 Å². The zero-order valence-corrected chi connectivity index (χ0v) is 20.4. The van der Waals surface area contributed by atoms with Crippen LogP contribution >= 0.6 is 11.8 Å². The molecule has 2 aromatic carbocycles. The number of aromatic nitrogens is 3. The molecule has 0 aliphatic carbocycles. The van der Waals surface area contributed by atoms with Gasteiger partial charge >= 0.3 is 0 Å². The molecule has 1 heterocycles. The van der Waals surface area contributed by atoms with Crippen molar-refractivity contribution < 1.29 is 14.3 Å². The Bertz CT molecular complexity index is 1140. The number of ether oxygens (including phenoxy) is 1. The number of aryl methyl sites for hydroxylation is 1. The number of carbonyl (C=O) groups is 2. The highest BCUT2D eigenvalue weighted by molar-refractivity contribution is 7.99. The zero-order chi connectivity index (χ0) is 24.5. The summed E-state index contributed by atoms with van der Waals surface area (Å²) in [7, 11) is 1.58. The van der Waals surface area contributed by atoms with Crippen LogP contribution in [0.25, 0.3) is 0 Å². The fraction of sp³-hybridized carbons (Fsp3) is 0.280. The Hall–Kier alpha value is -3.59. The van der Waals surface area contributed by atoms with Crippen molar-refractivity contribution in [1.29, 1.82) is 0 Å². The number of hydrogen-bond acceptors (Lipinski definition) is 6. The van der Waals surface area contributed by atoms with E-state index in [1.165, 1.54) is 11.8 Å². The Morgan fingerprint density at radius 2 is 1.91 bits per heavy atom. The van der Waals surface area contributed by atoms with Crippen LogP contribution in [-0.2, 0) is 17.8 Å². The van der Waals surface area contributed by atoms with Crippen LogP contribution in [0.5, 0.6) is 5.75 Å². The maximum absolute atomic E-state index is 12.7. The lowest BCUT2D eigenvalue weighted by molar-refractivity contribution is -0.113. The van der Waals surface area contributed by atoms with E-state index in [9.17, 15) is 9.59 Å². The van der Waals surface area contributed by atoms with Gasteiger partial charge in [-0.2, -0.15) is 0 Å². The van der Waals surface area contributed by atoms with Gasteiger partial charge in [0.25, 0.3) is 5.91 Å². The van der Waals surface area contributed by atoms with Crippen LogP contribution < -0.4 is 15.4 Å². The number of hydrogen-bond donors (Lipinski definition) is 2. The largest absolute Gasteiger partial charge is 0.497 e. The van der Waals surface area contributed by atoms with E-state index in [1.807, 2.05) is 42.7 Å². The molecule has 0 aliphatic rings. The van der Waals surface area contributed by atoms with E-state index in [-0.39, 0.29) is 17.6 Å². The number of allylic oxidation sites excluding steroid dienone is 1. The number of nitrogens with one attached hydrogen (secondary N) is 2. The number of thioether (sulfide) groups is 1. The lowest BCUT2D eigenvalue weighted by atomic mass is 10.1. The Morgan fingerprint density at radius 1 is 1.18 bits per heavy atom. The Labute approximate surface area is 203 Å². The standard InChI is InChI=1S/C25H29N5O3S/c1-5-15-30-23(17(3)26-24(32)19-11-13-20(33-4)14-12-19)28-29-25(30)34-16-22(31)27-21-10-8-7-9-18(21)6-2/h5,7-14,17H,1,6,15-16H2,2-4H3,(H,26,32)(H,27,31)/t17-/m1/s1. The molecule has 0 saturated carbocycles. The van der Waals surface area contributed by atoms with E-state index < -0.39 is 6.04 Å². The topological polar surface area (TPSA) is 98.1 Å². The summed E-state index contributed by atoms with van der Waals surface area (Å²) in [5, 5.41) is 15.0. The third-order valence-electron chi connectivity index (χ3n) is 5.15. The average Bonchev–Trinajstić information content (AvgIpc) is 3.26. The normalized spacial score (nSPS) is 11.5. The van der Waals surface area contributed by atoms with Gasteiger partial charge in [0, 0.05) is 17.8 Å². The molecular formula is C25H29N5O3S. The molecule has 0 saturated heterocycles. The molecule has 1 aromatic heterocycles. The van der Waals surface area contributed by atoms with E-state index in [4.69, 9.17) is 4.74 Å². The molecule has 0 unspecified atom stereocenters. The molecule has 2 N–H and O–H groups in total. The molecular weight excluding hydrogens is 450 g/mol.